The highest BCUT2D eigenvalue weighted by Crippen LogP contribution is 2.29. The normalized spacial score (nSPS) is 21.6. The summed E-state index contributed by atoms with van der Waals surface area (Å²) in [5.74, 6) is 0.361. The van der Waals surface area contributed by atoms with Gasteiger partial charge in [-0.1, -0.05) is 30.8 Å². The molecule has 1 saturated carbocycles. The first-order chi connectivity index (χ1) is 15.4. The van der Waals surface area contributed by atoms with Crippen LogP contribution >= 0.6 is 0 Å². The second kappa shape index (κ2) is 10.0. The van der Waals surface area contributed by atoms with Crippen LogP contribution in [0.25, 0.3) is 12.2 Å². The van der Waals surface area contributed by atoms with Crippen LogP contribution < -0.4 is 5.32 Å². The van der Waals surface area contributed by atoms with E-state index in [2.05, 4.69) is 10.5 Å². The Morgan fingerprint density at radius 2 is 1.94 bits per heavy atom. The molecule has 1 N–H and O–H groups in total. The molecular weight excluding hydrogens is 430 g/mol. The van der Waals surface area contributed by atoms with E-state index in [1.54, 1.807) is 31.2 Å². The average Bonchev–Trinajstić information content (AvgIpc) is 3.36. The monoisotopic (exact) mass is 461 g/mol. The number of carbonyl (C=O) groups excluding carboxylic acids is 1. The molecule has 1 aliphatic heterocycles. The summed E-state index contributed by atoms with van der Waals surface area (Å²) in [6.07, 6.45) is 12.8. The van der Waals surface area contributed by atoms with Gasteiger partial charge in [-0.05, 0) is 56.9 Å². The highest BCUT2D eigenvalue weighted by molar-refractivity contribution is 7.89. The van der Waals surface area contributed by atoms with Crippen LogP contribution in [0.1, 0.15) is 68.6 Å². The van der Waals surface area contributed by atoms with Crippen molar-refractivity contribution >= 4 is 28.1 Å². The quantitative estimate of drug-likeness (QED) is 0.652. The van der Waals surface area contributed by atoms with Gasteiger partial charge in [0.25, 0.3) is 0 Å². The van der Waals surface area contributed by atoms with Gasteiger partial charge in [0, 0.05) is 19.1 Å². The summed E-state index contributed by atoms with van der Waals surface area (Å²) in [7, 11) is -3.86. The standard InChI is InChI=1S/C23H31N3O5S/c1-17-22(21(31-25-17)13-12-20-11-7-15-30-20)32(28,29)26-14-6-8-18(16-26)23(27)24-19-9-4-2-3-5-10-19/h7,11-13,15,18-19H,2-6,8-10,14,16H2,1H3,(H,24,27). The molecule has 0 radical (unpaired) electrons. The molecule has 2 aliphatic rings. The molecule has 2 aromatic heterocycles. The first-order valence-corrected chi connectivity index (χ1v) is 12.9. The molecule has 0 aromatic carbocycles. The zero-order chi connectivity index (χ0) is 22.6. The third-order valence-electron chi connectivity index (χ3n) is 6.33. The molecule has 32 heavy (non-hydrogen) atoms. The fraction of sp³-hybridized carbons (Fsp3) is 0.565. The van der Waals surface area contributed by atoms with Crippen molar-refractivity contribution in [3.63, 3.8) is 0 Å². The van der Waals surface area contributed by atoms with Crippen LogP contribution in [0.4, 0.5) is 0 Å². The number of amides is 1. The number of hydrogen-bond donors (Lipinski definition) is 1. The smallest absolute Gasteiger partial charge is 0.248 e. The predicted octanol–water partition coefficient (Wildman–Crippen LogP) is 3.99. The van der Waals surface area contributed by atoms with Crippen molar-refractivity contribution in [2.45, 2.75) is 69.2 Å². The van der Waals surface area contributed by atoms with E-state index in [0.717, 1.165) is 25.7 Å². The number of aryl methyl sites for hydroxylation is 1. The van der Waals surface area contributed by atoms with Crippen LogP contribution in [0.15, 0.2) is 32.2 Å². The molecule has 1 aliphatic carbocycles. The maximum Gasteiger partial charge on any atom is 0.248 e. The Hall–Kier alpha value is -2.39. The molecule has 0 bridgehead atoms. The second-order valence-corrected chi connectivity index (χ2v) is 10.6. The number of aromatic nitrogens is 1. The van der Waals surface area contributed by atoms with Crippen LogP contribution in [0.5, 0.6) is 0 Å². The van der Waals surface area contributed by atoms with Crippen molar-refractivity contribution in [1.82, 2.24) is 14.8 Å². The van der Waals surface area contributed by atoms with Gasteiger partial charge < -0.3 is 14.3 Å². The molecule has 2 aromatic rings. The molecule has 0 spiro atoms. The number of hydrogen-bond acceptors (Lipinski definition) is 6. The zero-order valence-electron chi connectivity index (χ0n) is 18.5. The van der Waals surface area contributed by atoms with E-state index >= 15 is 0 Å². The van der Waals surface area contributed by atoms with Gasteiger partial charge in [0.1, 0.15) is 11.5 Å². The summed E-state index contributed by atoms with van der Waals surface area (Å²) < 4.78 is 38.9. The number of carbonyl (C=O) groups is 1. The van der Waals surface area contributed by atoms with Crippen molar-refractivity contribution in [2.75, 3.05) is 13.1 Å². The summed E-state index contributed by atoms with van der Waals surface area (Å²) in [5, 5.41) is 7.06. The number of sulfonamides is 1. The van der Waals surface area contributed by atoms with E-state index in [0.29, 0.717) is 30.8 Å². The lowest BCUT2D eigenvalue weighted by molar-refractivity contribution is -0.126. The summed E-state index contributed by atoms with van der Waals surface area (Å²) in [6, 6.07) is 3.71. The first-order valence-electron chi connectivity index (χ1n) is 11.4. The Kier molecular flexibility index (Phi) is 7.15. The van der Waals surface area contributed by atoms with Crippen LogP contribution in [0.3, 0.4) is 0 Å². The highest BCUT2D eigenvalue weighted by atomic mass is 32.2. The highest BCUT2D eigenvalue weighted by Gasteiger charge is 2.37. The van der Waals surface area contributed by atoms with Crippen LogP contribution in [0.2, 0.25) is 0 Å². The summed E-state index contributed by atoms with van der Waals surface area (Å²) >= 11 is 0. The molecule has 3 heterocycles. The topological polar surface area (TPSA) is 106 Å². The molecule has 174 valence electrons. The van der Waals surface area contributed by atoms with Crippen LogP contribution in [-0.4, -0.2) is 42.9 Å². The molecular formula is C23H31N3O5S. The Morgan fingerprint density at radius 3 is 2.66 bits per heavy atom. The van der Waals surface area contributed by atoms with Crippen molar-refractivity contribution in [1.29, 1.82) is 0 Å². The van der Waals surface area contributed by atoms with Gasteiger partial charge in [0.05, 0.1) is 12.2 Å². The lowest BCUT2D eigenvalue weighted by Crippen LogP contribution is -2.47. The SMILES string of the molecule is Cc1noc(C=Cc2ccco2)c1S(=O)(=O)N1CCCC(C(=O)NC2CCCCCC2)C1. The number of rotatable bonds is 6. The van der Waals surface area contributed by atoms with Gasteiger partial charge in [-0.2, -0.15) is 4.31 Å². The van der Waals surface area contributed by atoms with Crippen molar-refractivity contribution in [3.05, 3.63) is 35.6 Å². The molecule has 8 nitrogen and oxygen atoms in total. The summed E-state index contributed by atoms with van der Waals surface area (Å²) in [4.78, 5) is 13.0. The van der Waals surface area contributed by atoms with Gasteiger partial charge in [-0.3, -0.25) is 4.79 Å². The van der Waals surface area contributed by atoms with Gasteiger partial charge >= 0.3 is 0 Å². The molecule has 9 heteroatoms. The largest absolute Gasteiger partial charge is 0.465 e. The average molecular weight is 462 g/mol. The zero-order valence-corrected chi connectivity index (χ0v) is 19.3. The third kappa shape index (κ3) is 5.15. The van der Waals surface area contributed by atoms with E-state index in [1.165, 1.54) is 23.4 Å². The molecule has 1 amide bonds. The number of nitrogens with zero attached hydrogens (tertiary/aromatic N) is 2. The summed E-state index contributed by atoms with van der Waals surface area (Å²) in [6.45, 7) is 2.16. The summed E-state index contributed by atoms with van der Waals surface area (Å²) in [5.41, 5.74) is 0.300. The minimum Gasteiger partial charge on any atom is -0.465 e. The second-order valence-electron chi connectivity index (χ2n) is 8.71. The Bertz CT molecular complexity index is 1030. The number of furan rings is 1. The molecule has 1 saturated heterocycles. The Morgan fingerprint density at radius 1 is 1.16 bits per heavy atom. The van der Waals surface area contributed by atoms with E-state index in [-0.39, 0.29) is 35.1 Å². The number of nitrogens with one attached hydrogen (secondary N) is 1. The van der Waals surface area contributed by atoms with Gasteiger partial charge in [0.15, 0.2) is 10.7 Å². The minimum absolute atomic E-state index is 0.0308. The lowest BCUT2D eigenvalue weighted by atomic mass is 9.97. The van der Waals surface area contributed by atoms with Crippen molar-refractivity contribution < 1.29 is 22.2 Å². The molecule has 1 unspecified atom stereocenters. The van der Waals surface area contributed by atoms with Crippen LogP contribution in [0, 0.1) is 12.8 Å². The molecule has 2 fully saturated rings. The minimum atomic E-state index is -3.86. The van der Waals surface area contributed by atoms with E-state index < -0.39 is 10.0 Å². The Labute approximate surface area is 189 Å². The first kappa shape index (κ1) is 22.8. The van der Waals surface area contributed by atoms with Crippen LogP contribution in [-0.2, 0) is 14.8 Å². The number of piperidine rings is 1. The maximum atomic E-state index is 13.5. The van der Waals surface area contributed by atoms with E-state index in [9.17, 15) is 13.2 Å². The van der Waals surface area contributed by atoms with Crippen molar-refractivity contribution in [3.8, 4) is 0 Å². The Balaban J connectivity index is 1.48. The van der Waals surface area contributed by atoms with Gasteiger partial charge in [-0.25, -0.2) is 8.42 Å². The third-order valence-corrected chi connectivity index (χ3v) is 8.35. The van der Waals surface area contributed by atoms with E-state index in [1.807, 2.05) is 0 Å². The van der Waals surface area contributed by atoms with Gasteiger partial charge in [0.2, 0.25) is 15.9 Å². The van der Waals surface area contributed by atoms with Gasteiger partial charge in [-0.15, -0.1) is 0 Å². The lowest BCUT2D eigenvalue weighted by Gasteiger charge is -2.32. The van der Waals surface area contributed by atoms with Crippen molar-refractivity contribution in [2.24, 2.45) is 5.92 Å². The molecule has 4 rings (SSSR count). The maximum absolute atomic E-state index is 13.5. The molecule has 1 atom stereocenters. The predicted molar refractivity (Wildman–Crippen MR) is 120 cm³/mol. The van der Waals surface area contributed by atoms with E-state index in [4.69, 9.17) is 8.94 Å². The fourth-order valence-corrected chi connectivity index (χ4v) is 6.36. The fourth-order valence-electron chi connectivity index (χ4n) is 4.59.